The number of nitrogens with one attached hydrogen (secondary N) is 2. The Balaban J connectivity index is 1.77. The second-order valence-corrected chi connectivity index (χ2v) is 6.88. The van der Waals surface area contributed by atoms with Crippen LogP contribution in [-0.2, 0) is 16.6 Å². The van der Waals surface area contributed by atoms with Gasteiger partial charge in [0.2, 0.25) is 10.0 Å². The van der Waals surface area contributed by atoms with E-state index in [-0.39, 0.29) is 17.9 Å². The molecule has 0 aliphatic heterocycles. The van der Waals surface area contributed by atoms with E-state index in [1.165, 1.54) is 0 Å². The van der Waals surface area contributed by atoms with Crippen LogP contribution >= 0.6 is 0 Å². The number of hydrogen-bond acceptors (Lipinski definition) is 3. The molecule has 0 atom stereocenters. The SMILES string of the molecule is O=S(=O)(CCCNC1CC1)NCc1cc(F)ccc1F. The van der Waals surface area contributed by atoms with Crippen LogP contribution in [0, 0.1) is 11.6 Å². The van der Waals surface area contributed by atoms with E-state index < -0.39 is 21.7 Å². The van der Waals surface area contributed by atoms with Crippen LogP contribution in [0.15, 0.2) is 18.2 Å². The van der Waals surface area contributed by atoms with Gasteiger partial charge < -0.3 is 5.32 Å². The van der Waals surface area contributed by atoms with Crippen molar-refractivity contribution in [3.05, 3.63) is 35.4 Å². The molecule has 0 amide bonds. The summed E-state index contributed by atoms with van der Waals surface area (Å²) in [5.74, 6) is -1.23. The summed E-state index contributed by atoms with van der Waals surface area (Å²) in [5.41, 5.74) is 0.00433. The average molecular weight is 304 g/mol. The molecule has 1 aliphatic rings. The number of halogens is 2. The third-order valence-electron chi connectivity index (χ3n) is 3.09. The Labute approximate surface area is 117 Å². The minimum absolute atomic E-state index is 0.00433. The van der Waals surface area contributed by atoms with Crippen LogP contribution in [0.5, 0.6) is 0 Å². The highest BCUT2D eigenvalue weighted by Crippen LogP contribution is 2.18. The Morgan fingerprint density at radius 1 is 1.25 bits per heavy atom. The summed E-state index contributed by atoms with van der Waals surface area (Å²) >= 11 is 0. The molecule has 0 unspecified atom stereocenters. The smallest absolute Gasteiger partial charge is 0.211 e. The van der Waals surface area contributed by atoms with Crippen LogP contribution in [0.1, 0.15) is 24.8 Å². The Bertz CT molecular complexity index is 559. The average Bonchev–Trinajstić information content (AvgIpc) is 3.20. The molecule has 1 saturated carbocycles. The summed E-state index contributed by atoms with van der Waals surface area (Å²) in [7, 11) is -3.47. The third kappa shape index (κ3) is 5.15. The molecule has 0 radical (unpaired) electrons. The number of hydrogen-bond donors (Lipinski definition) is 2. The summed E-state index contributed by atoms with van der Waals surface area (Å²) < 4.78 is 52.0. The van der Waals surface area contributed by atoms with Crippen molar-refractivity contribution in [1.82, 2.24) is 10.0 Å². The molecular formula is C13H18F2N2O2S. The Morgan fingerprint density at radius 2 is 2.00 bits per heavy atom. The third-order valence-corrected chi connectivity index (χ3v) is 4.50. The van der Waals surface area contributed by atoms with Gasteiger partial charge in [-0.05, 0) is 44.0 Å². The normalized spacial score (nSPS) is 15.5. The predicted molar refractivity (Wildman–Crippen MR) is 72.6 cm³/mol. The molecule has 1 aromatic rings. The summed E-state index contributed by atoms with van der Waals surface area (Å²) in [6, 6.07) is 3.52. The zero-order chi connectivity index (χ0) is 14.6. The zero-order valence-electron chi connectivity index (χ0n) is 11.0. The first-order valence-corrected chi connectivity index (χ1v) is 8.26. The van der Waals surface area contributed by atoms with E-state index in [9.17, 15) is 17.2 Å². The van der Waals surface area contributed by atoms with Gasteiger partial charge in [0.25, 0.3) is 0 Å². The van der Waals surface area contributed by atoms with E-state index in [4.69, 9.17) is 0 Å². The lowest BCUT2D eigenvalue weighted by atomic mass is 10.2. The number of sulfonamides is 1. The maximum absolute atomic E-state index is 13.3. The molecule has 0 aromatic heterocycles. The van der Waals surface area contributed by atoms with Gasteiger partial charge in [-0.25, -0.2) is 21.9 Å². The van der Waals surface area contributed by atoms with Crippen molar-refractivity contribution in [2.45, 2.75) is 31.8 Å². The van der Waals surface area contributed by atoms with Crippen LogP contribution in [0.3, 0.4) is 0 Å². The first-order valence-electron chi connectivity index (χ1n) is 6.61. The lowest BCUT2D eigenvalue weighted by molar-refractivity contribution is 0.563. The quantitative estimate of drug-likeness (QED) is 0.716. The van der Waals surface area contributed by atoms with Crippen molar-refractivity contribution in [1.29, 1.82) is 0 Å². The predicted octanol–water partition coefficient (Wildman–Crippen LogP) is 1.53. The fourth-order valence-electron chi connectivity index (χ4n) is 1.79. The van der Waals surface area contributed by atoms with Gasteiger partial charge in [-0.3, -0.25) is 0 Å². The van der Waals surface area contributed by atoms with Gasteiger partial charge in [-0.1, -0.05) is 0 Å². The lowest BCUT2D eigenvalue weighted by Gasteiger charge is -2.08. The molecule has 4 nitrogen and oxygen atoms in total. The van der Waals surface area contributed by atoms with Crippen LogP contribution in [0.2, 0.25) is 0 Å². The van der Waals surface area contributed by atoms with Gasteiger partial charge in [0.15, 0.2) is 0 Å². The maximum Gasteiger partial charge on any atom is 0.211 e. The summed E-state index contributed by atoms with van der Waals surface area (Å²) in [6.45, 7) is 0.419. The van der Waals surface area contributed by atoms with Gasteiger partial charge in [-0.15, -0.1) is 0 Å². The van der Waals surface area contributed by atoms with Gasteiger partial charge >= 0.3 is 0 Å². The maximum atomic E-state index is 13.3. The lowest BCUT2D eigenvalue weighted by Crippen LogP contribution is -2.28. The Morgan fingerprint density at radius 3 is 2.70 bits per heavy atom. The molecule has 1 aliphatic carbocycles. The molecule has 0 bridgehead atoms. The highest BCUT2D eigenvalue weighted by molar-refractivity contribution is 7.89. The van der Waals surface area contributed by atoms with E-state index in [2.05, 4.69) is 10.0 Å². The first-order chi connectivity index (χ1) is 9.46. The van der Waals surface area contributed by atoms with Gasteiger partial charge in [0, 0.05) is 18.2 Å². The van der Waals surface area contributed by atoms with Crippen molar-refractivity contribution in [3.63, 3.8) is 0 Å². The molecular weight excluding hydrogens is 286 g/mol. The minimum atomic E-state index is -3.47. The fourth-order valence-corrected chi connectivity index (χ4v) is 2.84. The minimum Gasteiger partial charge on any atom is -0.314 e. The number of benzene rings is 1. The van der Waals surface area contributed by atoms with Gasteiger partial charge in [0.1, 0.15) is 11.6 Å². The molecule has 20 heavy (non-hydrogen) atoms. The molecule has 0 saturated heterocycles. The second kappa shape index (κ2) is 6.60. The molecule has 0 heterocycles. The van der Waals surface area contributed by atoms with Crippen LogP contribution in [0.25, 0.3) is 0 Å². The summed E-state index contributed by atoms with van der Waals surface area (Å²) in [6.07, 6.45) is 2.81. The van der Waals surface area contributed by atoms with Crippen LogP contribution in [-0.4, -0.2) is 26.8 Å². The molecule has 1 fully saturated rings. The number of rotatable bonds is 8. The Hall–Kier alpha value is -1.05. The molecule has 0 spiro atoms. The largest absolute Gasteiger partial charge is 0.314 e. The fraction of sp³-hybridized carbons (Fsp3) is 0.538. The Kier molecular flexibility index (Phi) is 5.06. The van der Waals surface area contributed by atoms with E-state index in [1.54, 1.807) is 0 Å². The van der Waals surface area contributed by atoms with E-state index in [0.717, 1.165) is 31.0 Å². The summed E-state index contributed by atoms with van der Waals surface area (Å²) in [5, 5.41) is 3.22. The van der Waals surface area contributed by atoms with Crippen molar-refractivity contribution in [2.75, 3.05) is 12.3 Å². The first kappa shape index (κ1) is 15.3. The second-order valence-electron chi connectivity index (χ2n) is 4.96. The summed E-state index contributed by atoms with van der Waals surface area (Å²) in [4.78, 5) is 0. The van der Waals surface area contributed by atoms with Crippen LogP contribution in [0.4, 0.5) is 8.78 Å². The van der Waals surface area contributed by atoms with E-state index >= 15 is 0 Å². The van der Waals surface area contributed by atoms with Crippen molar-refractivity contribution in [2.24, 2.45) is 0 Å². The molecule has 7 heteroatoms. The highest BCUT2D eigenvalue weighted by atomic mass is 32.2. The molecule has 2 rings (SSSR count). The molecule has 2 N–H and O–H groups in total. The molecule has 112 valence electrons. The van der Waals surface area contributed by atoms with Crippen molar-refractivity contribution >= 4 is 10.0 Å². The van der Waals surface area contributed by atoms with E-state index in [1.807, 2.05) is 0 Å². The van der Waals surface area contributed by atoms with Crippen molar-refractivity contribution in [3.8, 4) is 0 Å². The zero-order valence-corrected chi connectivity index (χ0v) is 11.8. The van der Waals surface area contributed by atoms with Crippen molar-refractivity contribution < 1.29 is 17.2 Å². The van der Waals surface area contributed by atoms with Gasteiger partial charge in [-0.2, -0.15) is 0 Å². The molecule has 1 aromatic carbocycles. The van der Waals surface area contributed by atoms with Crippen LogP contribution < -0.4 is 10.0 Å². The highest BCUT2D eigenvalue weighted by Gasteiger charge is 2.20. The van der Waals surface area contributed by atoms with Gasteiger partial charge in [0.05, 0.1) is 5.75 Å². The van der Waals surface area contributed by atoms with E-state index in [0.29, 0.717) is 19.0 Å². The topological polar surface area (TPSA) is 58.2 Å². The monoisotopic (exact) mass is 304 g/mol. The standard InChI is InChI=1S/C13H18F2N2O2S/c14-11-2-5-13(15)10(8-11)9-17-20(18,19)7-1-6-16-12-3-4-12/h2,5,8,12,16-17H,1,3-4,6-7,9H2.